The maximum Gasteiger partial charge on any atom is 0.413 e. The average Bonchev–Trinajstić information content (AvgIpc) is 2.36. The van der Waals surface area contributed by atoms with Crippen molar-refractivity contribution in [3.63, 3.8) is 0 Å². The van der Waals surface area contributed by atoms with E-state index in [1.165, 1.54) is 0 Å². The van der Waals surface area contributed by atoms with E-state index in [2.05, 4.69) is 26.2 Å². The van der Waals surface area contributed by atoms with Crippen LogP contribution in [0.1, 0.15) is 33.3 Å². The predicted molar refractivity (Wildman–Crippen MR) is 89.1 cm³/mol. The normalized spacial score (nSPS) is 22.0. The third kappa shape index (κ3) is 4.55. The number of ether oxygens (including phenoxy) is 2. The fourth-order valence-electron chi connectivity index (χ4n) is 2.17. The summed E-state index contributed by atoms with van der Waals surface area (Å²) in [5.41, 5.74) is -0.0646. The molecule has 120 valence electrons. The number of alkyl carbamates (subject to hydrolysis) is 1. The lowest BCUT2D eigenvalue weighted by Crippen LogP contribution is -2.44. The molecule has 0 aromatic heterocycles. The molecule has 6 heteroatoms. The Kier molecular flexibility index (Phi) is 4.92. The Morgan fingerprint density at radius 3 is 2.82 bits per heavy atom. The Labute approximate surface area is 139 Å². The van der Waals surface area contributed by atoms with Gasteiger partial charge in [0.2, 0.25) is 0 Å². The van der Waals surface area contributed by atoms with E-state index < -0.39 is 17.2 Å². The molecule has 1 aliphatic rings. The molecule has 1 aromatic rings. The Morgan fingerprint density at radius 1 is 1.45 bits per heavy atom. The van der Waals surface area contributed by atoms with E-state index in [0.29, 0.717) is 12.4 Å². The van der Waals surface area contributed by atoms with Gasteiger partial charge in [-0.2, -0.15) is 0 Å². The van der Waals surface area contributed by atoms with Crippen LogP contribution in [0.4, 0.5) is 4.79 Å². The van der Waals surface area contributed by atoms with Gasteiger partial charge in [0.05, 0.1) is 6.61 Å². The van der Waals surface area contributed by atoms with E-state index in [9.17, 15) is 4.79 Å². The Balaban J connectivity index is 2.16. The van der Waals surface area contributed by atoms with Crippen molar-refractivity contribution in [1.82, 2.24) is 5.32 Å². The number of halogens is 1. The molecule has 0 bridgehead atoms. The molecule has 1 amide bonds. The maximum absolute atomic E-state index is 11.9. The first kappa shape index (κ1) is 17.0. The molecular formula is C16H21BrN2O3. The van der Waals surface area contributed by atoms with Crippen LogP contribution >= 0.6 is 15.9 Å². The molecule has 2 rings (SSSR count). The second-order valence-electron chi connectivity index (χ2n) is 6.46. The number of benzene rings is 1. The summed E-state index contributed by atoms with van der Waals surface area (Å²) in [5.74, 6) is 0.475. The highest BCUT2D eigenvalue weighted by atomic mass is 79.9. The van der Waals surface area contributed by atoms with Gasteiger partial charge in [-0.1, -0.05) is 28.1 Å². The van der Waals surface area contributed by atoms with Gasteiger partial charge in [0.25, 0.3) is 0 Å². The monoisotopic (exact) mass is 368 g/mol. The van der Waals surface area contributed by atoms with Gasteiger partial charge in [-0.3, -0.25) is 10.3 Å². The zero-order valence-corrected chi connectivity index (χ0v) is 14.9. The van der Waals surface area contributed by atoms with Crippen molar-refractivity contribution in [3.8, 4) is 0 Å². The summed E-state index contributed by atoms with van der Waals surface area (Å²) in [5, 5.41) is 2.67. The first-order valence-electron chi connectivity index (χ1n) is 7.10. The molecule has 5 nitrogen and oxygen atoms in total. The molecule has 1 aliphatic heterocycles. The van der Waals surface area contributed by atoms with Gasteiger partial charge < -0.3 is 9.47 Å². The summed E-state index contributed by atoms with van der Waals surface area (Å²) >= 11 is 3.46. The number of hydrogen-bond donors (Lipinski definition) is 1. The number of amidine groups is 1. The van der Waals surface area contributed by atoms with E-state index >= 15 is 0 Å². The summed E-state index contributed by atoms with van der Waals surface area (Å²) in [4.78, 5) is 16.5. The van der Waals surface area contributed by atoms with Crippen molar-refractivity contribution < 1.29 is 14.3 Å². The Morgan fingerprint density at radius 2 is 2.18 bits per heavy atom. The van der Waals surface area contributed by atoms with Crippen LogP contribution in [-0.4, -0.2) is 30.7 Å². The van der Waals surface area contributed by atoms with Crippen LogP contribution in [0, 0.1) is 0 Å². The second-order valence-corrected chi connectivity index (χ2v) is 7.38. The summed E-state index contributed by atoms with van der Waals surface area (Å²) < 4.78 is 11.8. The Bertz CT molecular complexity index is 595. The molecule has 0 radical (unpaired) electrons. The summed E-state index contributed by atoms with van der Waals surface area (Å²) in [6, 6.07) is 7.91. The number of aliphatic imine (C=N–C) groups is 1. The van der Waals surface area contributed by atoms with Crippen molar-refractivity contribution in [1.29, 1.82) is 0 Å². The highest BCUT2D eigenvalue weighted by Gasteiger charge is 2.31. The third-order valence-electron chi connectivity index (χ3n) is 3.10. The summed E-state index contributed by atoms with van der Waals surface area (Å²) in [7, 11) is 0. The molecule has 0 saturated heterocycles. The quantitative estimate of drug-likeness (QED) is 0.823. The summed E-state index contributed by atoms with van der Waals surface area (Å²) in [6.07, 6.45) is -0.520. The van der Waals surface area contributed by atoms with Crippen LogP contribution < -0.4 is 5.32 Å². The van der Waals surface area contributed by atoms with E-state index in [4.69, 9.17) is 9.47 Å². The number of nitrogens with zero attached hydrogens (tertiary/aromatic N) is 1. The van der Waals surface area contributed by atoms with Crippen molar-refractivity contribution in [2.24, 2.45) is 4.99 Å². The van der Waals surface area contributed by atoms with Crippen LogP contribution in [0.25, 0.3) is 0 Å². The van der Waals surface area contributed by atoms with Crippen LogP contribution in [0.2, 0.25) is 0 Å². The van der Waals surface area contributed by atoms with Crippen molar-refractivity contribution in [3.05, 3.63) is 34.3 Å². The smallest absolute Gasteiger partial charge is 0.413 e. The fourth-order valence-corrected chi connectivity index (χ4v) is 2.56. The molecule has 1 N–H and O–H groups in total. The minimum Gasteiger partial charge on any atom is -0.444 e. The van der Waals surface area contributed by atoms with Gasteiger partial charge in [0, 0.05) is 4.47 Å². The largest absolute Gasteiger partial charge is 0.444 e. The molecule has 0 fully saturated rings. The second kappa shape index (κ2) is 6.38. The van der Waals surface area contributed by atoms with Crippen molar-refractivity contribution >= 4 is 27.9 Å². The fraction of sp³-hybridized carbons (Fsp3) is 0.500. The molecule has 22 heavy (non-hydrogen) atoms. The number of carbonyl (C=O) groups is 1. The number of carbonyl (C=O) groups excluding carboxylic acids is 1. The van der Waals surface area contributed by atoms with Gasteiger partial charge in [-0.15, -0.1) is 0 Å². The zero-order valence-electron chi connectivity index (χ0n) is 13.3. The molecule has 1 heterocycles. The van der Waals surface area contributed by atoms with Crippen LogP contribution in [-0.2, 0) is 15.0 Å². The highest BCUT2D eigenvalue weighted by Crippen LogP contribution is 2.30. The predicted octanol–water partition coefficient (Wildman–Crippen LogP) is 3.62. The lowest BCUT2D eigenvalue weighted by molar-refractivity contribution is 0.0543. The highest BCUT2D eigenvalue weighted by molar-refractivity contribution is 9.10. The van der Waals surface area contributed by atoms with E-state index in [1.807, 2.05) is 52.0 Å². The molecule has 1 atom stereocenters. The third-order valence-corrected chi connectivity index (χ3v) is 3.59. The van der Waals surface area contributed by atoms with Gasteiger partial charge in [0.15, 0.2) is 0 Å². The molecule has 0 unspecified atom stereocenters. The molecule has 0 spiro atoms. The Hall–Kier alpha value is -1.40. The van der Waals surface area contributed by atoms with E-state index in [1.54, 1.807) is 0 Å². The molecule has 0 aliphatic carbocycles. The van der Waals surface area contributed by atoms with E-state index in [0.717, 1.165) is 10.0 Å². The number of amides is 1. The molecule has 0 saturated carbocycles. The van der Waals surface area contributed by atoms with Crippen molar-refractivity contribution in [2.45, 2.75) is 38.8 Å². The zero-order chi connectivity index (χ0) is 16.4. The minimum absolute atomic E-state index is 0.267. The van der Waals surface area contributed by atoms with Crippen LogP contribution in [0.3, 0.4) is 0 Å². The van der Waals surface area contributed by atoms with Gasteiger partial charge in [0.1, 0.15) is 23.6 Å². The number of rotatable bonds is 1. The minimum atomic E-state index is -0.548. The SMILES string of the molecule is CC(C)(C)OC(=O)NC1=N[C@@](C)(c2cccc(Br)c2)COC1. The molecular weight excluding hydrogens is 348 g/mol. The standard InChI is InChI=1S/C16H21BrN2O3/c1-15(2,3)22-14(20)18-13-9-21-10-16(4,19-13)11-6-5-7-12(17)8-11/h5-8H,9-10H2,1-4H3,(H,18,19,20)/t16-/m1/s1. The topological polar surface area (TPSA) is 59.9 Å². The summed E-state index contributed by atoms with van der Waals surface area (Å²) in [6.45, 7) is 8.16. The maximum atomic E-state index is 11.9. The van der Waals surface area contributed by atoms with Crippen LogP contribution in [0.15, 0.2) is 33.7 Å². The lowest BCUT2D eigenvalue weighted by Gasteiger charge is -2.31. The number of nitrogens with one attached hydrogen (secondary N) is 1. The molecule has 1 aromatic carbocycles. The van der Waals surface area contributed by atoms with Crippen molar-refractivity contribution in [2.75, 3.05) is 13.2 Å². The van der Waals surface area contributed by atoms with E-state index in [-0.39, 0.29) is 6.61 Å². The van der Waals surface area contributed by atoms with Gasteiger partial charge >= 0.3 is 6.09 Å². The van der Waals surface area contributed by atoms with Gasteiger partial charge in [-0.25, -0.2) is 4.79 Å². The van der Waals surface area contributed by atoms with Crippen LogP contribution in [0.5, 0.6) is 0 Å². The lowest BCUT2D eigenvalue weighted by atomic mass is 9.93. The average molecular weight is 369 g/mol. The van der Waals surface area contributed by atoms with Gasteiger partial charge in [-0.05, 0) is 45.4 Å². The first-order chi connectivity index (χ1) is 10.2. The number of hydrogen-bond acceptors (Lipinski definition) is 4. The first-order valence-corrected chi connectivity index (χ1v) is 7.90.